The summed E-state index contributed by atoms with van der Waals surface area (Å²) in [4.78, 5) is 0. The van der Waals surface area contributed by atoms with Gasteiger partial charge in [0.2, 0.25) is 0 Å². The molecular formula is C22H35Cl2O2Ti. The average molecular weight is 450 g/mol. The minimum absolute atomic E-state index is 0. The van der Waals surface area contributed by atoms with Crippen LogP contribution in [0.4, 0.5) is 0 Å². The predicted octanol–water partition coefficient (Wildman–Crippen LogP) is 6.76. The normalized spacial score (nSPS) is 11.5. The topological polar surface area (TPSA) is 29.5 Å². The Hall–Kier alpha value is -0.536. The molecule has 0 spiro atoms. The summed E-state index contributed by atoms with van der Waals surface area (Å²) in [7, 11) is 1.60. The van der Waals surface area contributed by atoms with Gasteiger partial charge in [-0.25, -0.2) is 11.6 Å². The van der Waals surface area contributed by atoms with Crippen LogP contribution in [0.1, 0.15) is 66.4 Å². The number of rotatable bonds is 3. The third kappa shape index (κ3) is 15.1. The molecule has 5 heteroatoms. The van der Waals surface area contributed by atoms with Crippen molar-refractivity contribution in [3.63, 3.8) is 0 Å². The molecule has 1 aliphatic rings. The average Bonchev–Trinajstić information content (AvgIpc) is 3.04. The van der Waals surface area contributed by atoms with Crippen molar-refractivity contribution in [1.82, 2.24) is 0 Å². The van der Waals surface area contributed by atoms with Crippen LogP contribution in [-0.4, -0.2) is 16.0 Å². The molecule has 0 radical (unpaired) electrons. The second-order valence-corrected chi connectivity index (χ2v) is 8.05. The van der Waals surface area contributed by atoms with Crippen molar-refractivity contribution in [3.8, 4) is 11.5 Å². The number of methoxy groups -OCH3 is 1. The molecule has 2 nitrogen and oxygen atoms in total. The van der Waals surface area contributed by atoms with Crippen LogP contribution >= 0.6 is 24.8 Å². The number of phenols is 1. The van der Waals surface area contributed by atoms with E-state index in [1.165, 1.54) is 18.4 Å². The van der Waals surface area contributed by atoms with Gasteiger partial charge in [-0.15, -0.1) is 31.2 Å². The number of allylic oxidation sites excluding steroid dienone is 4. The van der Waals surface area contributed by atoms with Crippen LogP contribution in [-0.2, 0) is 25.4 Å². The van der Waals surface area contributed by atoms with Gasteiger partial charge in [-0.05, 0) is 23.1 Å². The first-order valence-electron chi connectivity index (χ1n) is 8.82. The van der Waals surface area contributed by atoms with Crippen LogP contribution < -0.4 is 4.74 Å². The molecular weight excluding hydrogens is 415 g/mol. The number of benzene rings is 1. The number of halogens is 2. The molecule has 0 aliphatic heterocycles. The molecule has 1 aromatic carbocycles. The maximum Gasteiger partial charge on any atom is 0.122 e. The quantitative estimate of drug-likeness (QED) is 0.407. The smallest absolute Gasteiger partial charge is 0.122 e. The van der Waals surface area contributed by atoms with Gasteiger partial charge < -0.3 is 9.84 Å². The number of hydrogen-bond acceptors (Lipinski definition) is 2. The van der Waals surface area contributed by atoms with E-state index in [1.54, 1.807) is 23.1 Å². The summed E-state index contributed by atoms with van der Waals surface area (Å²) in [5, 5.41) is 9.41. The Morgan fingerprint density at radius 3 is 1.96 bits per heavy atom. The van der Waals surface area contributed by atoms with Gasteiger partial charge >= 0.3 is 50.5 Å². The maximum atomic E-state index is 9.41. The van der Waals surface area contributed by atoms with Gasteiger partial charge in [0.15, 0.2) is 0 Å². The van der Waals surface area contributed by atoms with Gasteiger partial charge in [0, 0.05) is 6.07 Å². The van der Waals surface area contributed by atoms with E-state index in [4.69, 9.17) is 4.74 Å². The van der Waals surface area contributed by atoms with Gasteiger partial charge in [-0.2, -0.15) is 6.08 Å². The van der Waals surface area contributed by atoms with Crippen molar-refractivity contribution < 1.29 is 29.8 Å². The van der Waals surface area contributed by atoms with E-state index < -0.39 is 0 Å². The first kappa shape index (κ1) is 31.2. The number of hydrogen-bond donors (Lipinski definition) is 1. The first-order chi connectivity index (χ1) is 11.6. The molecule has 0 atom stereocenters. The molecule has 0 saturated carbocycles. The zero-order chi connectivity index (χ0) is 19.5. The number of aromatic hydroxyl groups is 1. The van der Waals surface area contributed by atoms with Crippen molar-refractivity contribution in [2.75, 3.05) is 7.11 Å². The number of ether oxygens (including phenoxy) is 1. The standard InChI is InChI=1S/C11H16O2.C6H7.C5H10.2ClH.Ti/c1-11(2,3)8-5-9(12)7-10(6-8)13-4;1-6-4-2-3-5-6;1-3-5-4-2;;;/h5-7,12H,1-4H3;2,4H,3H2,1H3;3-4H2,1-2H3;2*1H;/q;-1;;;;+1. The molecule has 0 saturated heterocycles. The van der Waals surface area contributed by atoms with Gasteiger partial charge in [-0.1, -0.05) is 27.7 Å². The van der Waals surface area contributed by atoms with Crippen molar-refractivity contribution in [3.05, 3.63) is 47.6 Å². The fraction of sp³-hybridized carbons (Fsp3) is 0.500. The van der Waals surface area contributed by atoms with Gasteiger partial charge in [-0.3, -0.25) is 6.08 Å². The van der Waals surface area contributed by atoms with Crippen molar-refractivity contribution >= 4 is 28.6 Å². The minimum Gasteiger partial charge on any atom is -0.508 e. The Morgan fingerprint density at radius 1 is 1.15 bits per heavy atom. The summed E-state index contributed by atoms with van der Waals surface area (Å²) in [6.45, 7) is 12.7. The maximum absolute atomic E-state index is 9.41. The Morgan fingerprint density at radius 2 is 1.70 bits per heavy atom. The van der Waals surface area contributed by atoms with E-state index in [2.05, 4.69) is 79.7 Å². The summed E-state index contributed by atoms with van der Waals surface area (Å²) >= 11 is 2.19. The van der Waals surface area contributed by atoms with Gasteiger partial charge in [0.1, 0.15) is 11.5 Å². The van der Waals surface area contributed by atoms with Crippen LogP contribution in [0.3, 0.4) is 0 Å². The molecule has 153 valence electrons. The van der Waals surface area contributed by atoms with Crippen LogP contribution in [0.15, 0.2) is 35.9 Å². The van der Waals surface area contributed by atoms with Crippen molar-refractivity contribution in [1.29, 1.82) is 0 Å². The first-order valence-corrected chi connectivity index (χ1v) is 9.60. The molecule has 2 rings (SSSR count). The van der Waals surface area contributed by atoms with Crippen LogP contribution in [0.25, 0.3) is 0 Å². The van der Waals surface area contributed by atoms with Gasteiger partial charge in [0.05, 0.1) is 7.11 Å². The van der Waals surface area contributed by atoms with E-state index >= 15 is 0 Å². The zero-order valence-corrected chi connectivity index (χ0v) is 20.9. The molecule has 0 bridgehead atoms. The molecule has 0 fully saturated rings. The SMILES string of the molecule is CC1=[C-]CC=C1.CC[C](=[Ti+])CC.COc1cc(O)cc(C(C)(C)C)c1.Cl.Cl. The third-order valence-corrected chi connectivity index (χ3v) is 4.82. The fourth-order valence-electron chi connectivity index (χ4n) is 1.90. The second kappa shape index (κ2) is 16.4. The van der Waals surface area contributed by atoms with Crippen molar-refractivity contribution in [2.24, 2.45) is 0 Å². The molecule has 0 aromatic heterocycles. The second-order valence-electron chi connectivity index (χ2n) is 6.95. The molecule has 0 amide bonds. The zero-order valence-electron chi connectivity index (χ0n) is 17.7. The minimum atomic E-state index is 0. The van der Waals surface area contributed by atoms with E-state index in [0.717, 1.165) is 12.0 Å². The van der Waals surface area contributed by atoms with E-state index in [1.807, 2.05) is 6.07 Å². The van der Waals surface area contributed by atoms with Crippen LogP contribution in [0.5, 0.6) is 11.5 Å². The van der Waals surface area contributed by atoms with Crippen molar-refractivity contribution in [2.45, 2.75) is 66.2 Å². The summed E-state index contributed by atoms with van der Waals surface area (Å²) < 4.78 is 6.66. The summed E-state index contributed by atoms with van der Waals surface area (Å²) in [5.74, 6) is 0.953. The third-order valence-electron chi connectivity index (χ3n) is 3.71. The fourth-order valence-corrected chi connectivity index (χ4v) is 1.90. The van der Waals surface area contributed by atoms with Crippen LogP contribution in [0, 0.1) is 6.08 Å². The van der Waals surface area contributed by atoms with E-state index in [-0.39, 0.29) is 36.0 Å². The molecule has 1 aliphatic carbocycles. The molecule has 0 unspecified atom stereocenters. The molecule has 1 aromatic rings. The largest absolute Gasteiger partial charge is 0.508 e. The Balaban J connectivity index is -0.000000349. The molecule has 27 heavy (non-hydrogen) atoms. The Bertz CT molecular complexity index is 594. The van der Waals surface area contributed by atoms with Gasteiger partial charge in [0.25, 0.3) is 0 Å². The summed E-state index contributed by atoms with van der Waals surface area (Å²) in [6.07, 6.45) is 10.8. The van der Waals surface area contributed by atoms with Crippen LogP contribution in [0.2, 0.25) is 0 Å². The Labute approximate surface area is 190 Å². The molecule has 0 heterocycles. The summed E-state index contributed by atoms with van der Waals surface area (Å²) in [6, 6.07) is 5.32. The predicted molar refractivity (Wildman–Crippen MR) is 120 cm³/mol. The Kier molecular flexibility index (Phi) is 19.0. The van der Waals surface area contributed by atoms with E-state index in [0.29, 0.717) is 5.75 Å². The van der Waals surface area contributed by atoms with E-state index in [9.17, 15) is 5.11 Å². The number of phenolic OH excluding ortho intramolecular Hbond substituents is 1. The summed E-state index contributed by atoms with van der Waals surface area (Å²) in [5.41, 5.74) is 2.38. The monoisotopic (exact) mass is 449 g/mol. The molecule has 1 N–H and O–H groups in total.